The lowest BCUT2D eigenvalue weighted by molar-refractivity contribution is 0.0513. The van der Waals surface area contributed by atoms with Gasteiger partial charge in [0.2, 0.25) is 0 Å². The van der Waals surface area contributed by atoms with Crippen molar-refractivity contribution in [3.8, 4) is 5.75 Å². The molecule has 0 fully saturated rings. The van der Waals surface area contributed by atoms with Crippen molar-refractivity contribution >= 4 is 5.69 Å². The molecule has 2 aromatic carbocycles. The zero-order valence-corrected chi connectivity index (χ0v) is 11.9. The van der Waals surface area contributed by atoms with Gasteiger partial charge < -0.3 is 14.8 Å². The van der Waals surface area contributed by atoms with Crippen molar-refractivity contribution in [3.05, 3.63) is 59.4 Å². The van der Waals surface area contributed by atoms with Crippen LogP contribution in [-0.2, 0) is 11.2 Å². The Morgan fingerprint density at radius 2 is 2.14 bits per heavy atom. The van der Waals surface area contributed by atoms with Gasteiger partial charge in [0.05, 0.1) is 19.8 Å². The van der Waals surface area contributed by atoms with Gasteiger partial charge in [0.1, 0.15) is 0 Å². The van der Waals surface area contributed by atoms with Crippen molar-refractivity contribution in [2.45, 2.75) is 12.5 Å². The van der Waals surface area contributed by atoms with E-state index in [-0.39, 0.29) is 17.7 Å². The van der Waals surface area contributed by atoms with Gasteiger partial charge in [-0.05, 0) is 29.7 Å². The lowest BCUT2D eigenvalue weighted by Crippen LogP contribution is -2.22. The highest BCUT2D eigenvalue weighted by atomic mass is 19.1. The summed E-state index contributed by atoms with van der Waals surface area (Å²) >= 11 is 0. The number of anilines is 1. The molecular formula is C17H18FNO2. The molecule has 0 aromatic heterocycles. The molecule has 1 aliphatic heterocycles. The van der Waals surface area contributed by atoms with E-state index >= 15 is 0 Å². The van der Waals surface area contributed by atoms with Gasteiger partial charge in [-0.3, -0.25) is 0 Å². The number of methoxy groups -OCH3 is 1. The summed E-state index contributed by atoms with van der Waals surface area (Å²) in [6.07, 6.45) is 0.948. The van der Waals surface area contributed by atoms with Crippen LogP contribution in [0, 0.1) is 5.82 Å². The fourth-order valence-corrected chi connectivity index (χ4v) is 2.63. The molecule has 0 radical (unpaired) electrons. The molecule has 0 bridgehead atoms. The van der Waals surface area contributed by atoms with Gasteiger partial charge in [0.15, 0.2) is 11.6 Å². The Balaban J connectivity index is 1.70. The third-order valence-electron chi connectivity index (χ3n) is 3.74. The first-order valence-corrected chi connectivity index (χ1v) is 7.05. The maximum Gasteiger partial charge on any atom is 0.167 e. The van der Waals surface area contributed by atoms with E-state index in [0.717, 1.165) is 18.7 Å². The molecule has 1 atom stereocenters. The number of halogens is 1. The lowest BCUT2D eigenvalue weighted by atomic mass is 9.97. The molecule has 1 N–H and O–H groups in total. The predicted octanol–water partition coefficient (Wildman–Crippen LogP) is 3.56. The largest absolute Gasteiger partial charge is 0.494 e. The van der Waals surface area contributed by atoms with E-state index < -0.39 is 0 Å². The van der Waals surface area contributed by atoms with Gasteiger partial charge in [-0.15, -0.1) is 0 Å². The summed E-state index contributed by atoms with van der Waals surface area (Å²) in [5, 5.41) is 3.23. The molecule has 2 aromatic rings. The van der Waals surface area contributed by atoms with Crippen LogP contribution in [0.4, 0.5) is 10.1 Å². The summed E-state index contributed by atoms with van der Waals surface area (Å²) in [4.78, 5) is 0. The SMILES string of the molecule is COc1ccc(NCC2OCCc3ccccc32)cc1F. The summed E-state index contributed by atoms with van der Waals surface area (Å²) in [5.74, 6) is -0.118. The second-order valence-corrected chi connectivity index (χ2v) is 5.04. The Bertz CT molecular complexity index is 630. The average molecular weight is 287 g/mol. The molecule has 0 aliphatic carbocycles. The van der Waals surface area contributed by atoms with E-state index in [1.165, 1.54) is 24.3 Å². The van der Waals surface area contributed by atoms with Gasteiger partial charge in [-0.2, -0.15) is 0 Å². The summed E-state index contributed by atoms with van der Waals surface area (Å²) in [6.45, 7) is 1.34. The molecule has 0 saturated carbocycles. The highest BCUT2D eigenvalue weighted by Gasteiger charge is 2.20. The molecule has 3 nitrogen and oxygen atoms in total. The first-order valence-electron chi connectivity index (χ1n) is 7.05. The topological polar surface area (TPSA) is 30.5 Å². The van der Waals surface area contributed by atoms with Gasteiger partial charge in [0, 0.05) is 18.3 Å². The van der Waals surface area contributed by atoms with E-state index in [0.29, 0.717) is 6.54 Å². The van der Waals surface area contributed by atoms with E-state index in [4.69, 9.17) is 9.47 Å². The minimum Gasteiger partial charge on any atom is -0.494 e. The molecule has 0 saturated heterocycles. The van der Waals surface area contributed by atoms with E-state index in [1.54, 1.807) is 12.1 Å². The summed E-state index contributed by atoms with van der Waals surface area (Å²) in [7, 11) is 1.46. The van der Waals surface area contributed by atoms with Crippen LogP contribution in [0.25, 0.3) is 0 Å². The van der Waals surface area contributed by atoms with Crippen molar-refractivity contribution in [1.82, 2.24) is 0 Å². The minimum absolute atomic E-state index is 0.000105. The quantitative estimate of drug-likeness (QED) is 0.932. The van der Waals surface area contributed by atoms with Gasteiger partial charge >= 0.3 is 0 Å². The first-order chi connectivity index (χ1) is 10.3. The van der Waals surface area contributed by atoms with Gasteiger partial charge in [-0.25, -0.2) is 4.39 Å². The molecule has 110 valence electrons. The fraction of sp³-hybridized carbons (Fsp3) is 0.294. The van der Waals surface area contributed by atoms with Crippen molar-refractivity contribution in [2.75, 3.05) is 25.6 Å². The van der Waals surface area contributed by atoms with E-state index in [9.17, 15) is 4.39 Å². The van der Waals surface area contributed by atoms with Crippen LogP contribution in [0.5, 0.6) is 5.75 Å². The van der Waals surface area contributed by atoms with Crippen LogP contribution in [0.3, 0.4) is 0 Å². The Morgan fingerprint density at radius 1 is 1.29 bits per heavy atom. The zero-order chi connectivity index (χ0) is 14.7. The highest BCUT2D eigenvalue weighted by Crippen LogP contribution is 2.28. The standard InChI is InChI=1S/C17H18FNO2/c1-20-16-7-6-13(10-15(16)18)19-11-17-14-5-3-2-4-12(14)8-9-21-17/h2-7,10,17,19H,8-9,11H2,1H3. The number of benzene rings is 2. The first kappa shape index (κ1) is 13.9. The van der Waals surface area contributed by atoms with Crippen molar-refractivity contribution in [2.24, 2.45) is 0 Å². The maximum absolute atomic E-state index is 13.7. The number of nitrogens with one attached hydrogen (secondary N) is 1. The Hall–Kier alpha value is -2.07. The third kappa shape index (κ3) is 3.00. The van der Waals surface area contributed by atoms with Gasteiger partial charge in [0.25, 0.3) is 0 Å². The smallest absolute Gasteiger partial charge is 0.167 e. The van der Waals surface area contributed by atoms with Crippen LogP contribution in [-0.4, -0.2) is 20.3 Å². The van der Waals surface area contributed by atoms with Crippen LogP contribution in [0.15, 0.2) is 42.5 Å². The predicted molar refractivity (Wildman–Crippen MR) is 80.3 cm³/mol. The molecular weight excluding hydrogens is 269 g/mol. The average Bonchev–Trinajstić information content (AvgIpc) is 2.53. The monoisotopic (exact) mass is 287 g/mol. The molecule has 1 unspecified atom stereocenters. The van der Waals surface area contributed by atoms with Crippen molar-refractivity contribution in [1.29, 1.82) is 0 Å². The van der Waals surface area contributed by atoms with Crippen LogP contribution in [0.1, 0.15) is 17.2 Å². The number of rotatable bonds is 4. The third-order valence-corrected chi connectivity index (χ3v) is 3.74. The summed E-state index contributed by atoms with van der Waals surface area (Å²) in [5.41, 5.74) is 3.27. The van der Waals surface area contributed by atoms with Crippen molar-refractivity contribution in [3.63, 3.8) is 0 Å². The normalized spacial score (nSPS) is 17.1. The second-order valence-electron chi connectivity index (χ2n) is 5.04. The van der Waals surface area contributed by atoms with E-state index in [1.807, 2.05) is 12.1 Å². The Kier molecular flexibility index (Phi) is 4.06. The number of ether oxygens (including phenoxy) is 2. The Labute approximate surface area is 123 Å². The molecule has 0 spiro atoms. The number of hydrogen-bond acceptors (Lipinski definition) is 3. The molecule has 3 rings (SSSR count). The lowest BCUT2D eigenvalue weighted by Gasteiger charge is -2.26. The van der Waals surface area contributed by atoms with Crippen molar-refractivity contribution < 1.29 is 13.9 Å². The van der Waals surface area contributed by atoms with Crippen LogP contribution >= 0.6 is 0 Å². The molecule has 1 aliphatic rings. The molecule has 4 heteroatoms. The summed E-state index contributed by atoms with van der Waals surface area (Å²) in [6, 6.07) is 13.2. The van der Waals surface area contributed by atoms with Crippen LogP contribution < -0.4 is 10.1 Å². The molecule has 21 heavy (non-hydrogen) atoms. The zero-order valence-electron chi connectivity index (χ0n) is 11.9. The fourth-order valence-electron chi connectivity index (χ4n) is 2.63. The second kappa shape index (κ2) is 6.14. The highest BCUT2D eigenvalue weighted by molar-refractivity contribution is 5.47. The minimum atomic E-state index is -0.368. The summed E-state index contributed by atoms with van der Waals surface area (Å²) < 4.78 is 24.4. The van der Waals surface area contributed by atoms with Crippen LogP contribution in [0.2, 0.25) is 0 Å². The Morgan fingerprint density at radius 3 is 2.95 bits per heavy atom. The number of hydrogen-bond donors (Lipinski definition) is 1. The molecule has 1 heterocycles. The maximum atomic E-state index is 13.7. The van der Waals surface area contributed by atoms with E-state index in [2.05, 4.69) is 17.4 Å². The van der Waals surface area contributed by atoms with Gasteiger partial charge in [-0.1, -0.05) is 24.3 Å². The number of fused-ring (bicyclic) bond motifs is 1. The molecule has 0 amide bonds.